The van der Waals surface area contributed by atoms with E-state index in [0.29, 0.717) is 18.7 Å². The van der Waals surface area contributed by atoms with E-state index >= 15 is 0 Å². The molecule has 0 saturated carbocycles. The van der Waals surface area contributed by atoms with Gasteiger partial charge in [0.1, 0.15) is 11.5 Å². The van der Waals surface area contributed by atoms with E-state index in [2.05, 4.69) is 66.1 Å². The molecule has 3 aromatic carbocycles. The quantitative estimate of drug-likeness (QED) is 0.422. The van der Waals surface area contributed by atoms with E-state index in [9.17, 15) is 4.79 Å². The van der Waals surface area contributed by atoms with Gasteiger partial charge in [-0.1, -0.05) is 42.5 Å². The molecule has 0 N–H and O–H groups in total. The van der Waals surface area contributed by atoms with Crippen molar-refractivity contribution in [2.75, 3.05) is 46.9 Å². The fraction of sp³-hybridized carbons (Fsp3) is 0.375. The number of benzene rings is 3. The highest BCUT2D eigenvalue weighted by Crippen LogP contribution is 2.39. The molecule has 2 aliphatic rings. The second-order valence-electron chi connectivity index (χ2n) is 10.4. The molecule has 1 unspecified atom stereocenters. The van der Waals surface area contributed by atoms with Crippen molar-refractivity contribution in [2.24, 2.45) is 5.10 Å². The van der Waals surface area contributed by atoms with Crippen molar-refractivity contribution in [2.45, 2.75) is 32.9 Å². The van der Waals surface area contributed by atoms with Gasteiger partial charge in [-0.15, -0.1) is 0 Å². The third-order valence-electron chi connectivity index (χ3n) is 7.88. The average Bonchev–Trinajstić information content (AvgIpc) is 3.41. The molecular weight excluding hydrogens is 488 g/mol. The summed E-state index contributed by atoms with van der Waals surface area (Å²) in [4.78, 5) is 18.5. The first-order chi connectivity index (χ1) is 18.9. The van der Waals surface area contributed by atoms with Gasteiger partial charge in [0.2, 0.25) is 0 Å². The van der Waals surface area contributed by atoms with E-state index < -0.39 is 0 Å². The molecule has 1 fully saturated rings. The van der Waals surface area contributed by atoms with Gasteiger partial charge in [0.05, 0.1) is 32.5 Å². The third kappa shape index (κ3) is 6.15. The number of amides is 1. The molecule has 0 aromatic heterocycles. The van der Waals surface area contributed by atoms with Crippen molar-refractivity contribution in [3.8, 4) is 11.5 Å². The Hall–Kier alpha value is -3.68. The van der Waals surface area contributed by atoms with Crippen LogP contribution in [0.2, 0.25) is 0 Å². The lowest BCUT2D eigenvalue weighted by molar-refractivity contribution is -0.134. The summed E-state index contributed by atoms with van der Waals surface area (Å²) in [6.07, 6.45) is 0.627. The molecule has 1 saturated heterocycles. The van der Waals surface area contributed by atoms with E-state index in [1.165, 1.54) is 16.7 Å². The predicted octanol–water partition coefficient (Wildman–Crippen LogP) is 4.82. The van der Waals surface area contributed by atoms with Gasteiger partial charge in [-0.2, -0.15) is 5.10 Å². The maximum absolute atomic E-state index is 13.8. The Labute approximate surface area is 231 Å². The lowest BCUT2D eigenvalue weighted by atomic mass is 9.96. The average molecular weight is 527 g/mol. The number of hydrogen-bond acceptors (Lipinski definition) is 6. The van der Waals surface area contributed by atoms with Crippen LogP contribution >= 0.6 is 0 Å². The van der Waals surface area contributed by atoms with Gasteiger partial charge >= 0.3 is 0 Å². The molecule has 0 bridgehead atoms. The zero-order valence-corrected chi connectivity index (χ0v) is 23.4. The highest BCUT2D eigenvalue weighted by atomic mass is 16.5. The van der Waals surface area contributed by atoms with E-state index in [4.69, 9.17) is 14.6 Å². The Kier molecular flexibility index (Phi) is 8.29. The summed E-state index contributed by atoms with van der Waals surface area (Å²) in [5, 5.41) is 6.60. The van der Waals surface area contributed by atoms with E-state index in [1.807, 2.05) is 24.3 Å². The van der Waals surface area contributed by atoms with Crippen LogP contribution in [0.3, 0.4) is 0 Å². The first-order valence-electron chi connectivity index (χ1n) is 13.6. The summed E-state index contributed by atoms with van der Waals surface area (Å²) >= 11 is 0. The largest absolute Gasteiger partial charge is 0.497 e. The van der Waals surface area contributed by atoms with Crippen LogP contribution in [-0.2, 0) is 11.3 Å². The monoisotopic (exact) mass is 526 g/mol. The van der Waals surface area contributed by atoms with E-state index in [0.717, 1.165) is 55.3 Å². The van der Waals surface area contributed by atoms with Crippen molar-refractivity contribution in [3.63, 3.8) is 0 Å². The number of ether oxygens (including phenoxy) is 2. The molecule has 39 heavy (non-hydrogen) atoms. The van der Waals surface area contributed by atoms with Crippen molar-refractivity contribution >= 4 is 11.6 Å². The molecule has 0 spiro atoms. The van der Waals surface area contributed by atoms with Gasteiger partial charge in [-0.25, -0.2) is 5.01 Å². The van der Waals surface area contributed by atoms with Crippen LogP contribution < -0.4 is 9.47 Å². The molecule has 2 aliphatic heterocycles. The number of hydrogen-bond donors (Lipinski definition) is 0. The molecule has 7 heteroatoms. The number of methoxy groups -OCH3 is 2. The zero-order valence-electron chi connectivity index (χ0n) is 23.4. The summed E-state index contributed by atoms with van der Waals surface area (Å²) in [5.74, 6) is 1.42. The Morgan fingerprint density at radius 3 is 2.31 bits per heavy atom. The smallest absolute Gasteiger partial charge is 0.257 e. The summed E-state index contributed by atoms with van der Waals surface area (Å²) < 4.78 is 11.1. The second kappa shape index (κ2) is 12.0. The van der Waals surface area contributed by atoms with Crippen LogP contribution in [0.5, 0.6) is 11.5 Å². The minimum absolute atomic E-state index is 0.00761. The molecule has 3 aromatic rings. The first kappa shape index (κ1) is 26.9. The number of nitrogens with zero attached hydrogens (tertiary/aromatic N) is 4. The Morgan fingerprint density at radius 1 is 0.872 bits per heavy atom. The summed E-state index contributed by atoms with van der Waals surface area (Å²) in [5.41, 5.74) is 6.69. The Morgan fingerprint density at radius 2 is 1.62 bits per heavy atom. The standard InChI is InChI=1S/C32H38N4O3/c1-23-10-11-26(18-24(23)2)29-20-30(28-13-12-27(38-3)19-31(28)39-4)36(33-29)32(37)22-35-16-14-34(15-17-35)21-25-8-6-5-7-9-25/h5-13,18-19,30H,14-17,20-22H2,1-4H3. The molecule has 7 nitrogen and oxygen atoms in total. The van der Waals surface area contributed by atoms with Gasteiger partial charge in [-0.05, 0) is 54.3 Å². The van der Waals surface area contributed by atoms with E-state index in [1.54, 1.807) is 19.2 Å². The summed E-state index contributed by atoms with van der Waals surface area (Å²) in [6.45, 7) is 9.10. The number of rotatable bonds is 8. The van der Waals surface area contributed by atoms with Crippen LogP contribution in [0.1, 0.15) is 40.3 Å². The van der Waals surface area contributed by atoms with Crippen LogP contribution in [-0.4, -0.2) is 73.4 Å². The van der Waals surface area contributed by atoms with Crippen LogP contribution in [0.15, 0.2) is 71.8 Å². The highest BCUT2D eigenvalue weighted by molar-refractivity contribution is 6.03. The fourth-order valence-corrected chi connectivity index (χ4v) is 5.38. The lowest BCUT2D eigenvalue weighted by Crippen LogP contribution is -2.49. The van der Waals surface area contributed by atoms with Crippen molar-refractivity contribution in [1.82, 2.24) is 14.8 Å². The predicted molar refractivity (Wildman–Crippen MR) is 154 cm³/mol. The van der Waals surface area contributed by atoms with Gasteiger partial charge < -0.3 is 9.47 Å². The highest BCUT2D eigenvalue weighted by Gasteiger charge is 2.36. The molecule has 5 rings (SSSR count). The van der Waals surface area contributed by atoms with Gasteiger partial charge in [-0.3, -0.25) is 14.6 Å². The second-order valence-corrected chi connectivity index (χ2v) is 10.4. The normalized spacial score (nSPS) is 18.2. The number of hydrazone groups is 1. The first-order valence-corrected chi connectivity index (χ1v) is 13.6. The summed E-state index contributed by atoms with van der Waals surface area (Å²) in [7, 11) is 3.29. The molecule has 1 amide bonds. The molecule has 1 atom stereocenters. The maximum Gasteiger partial charge on any atom is 0.257 e. The third-order valence-corrected chi connectivity index (χ3v) is 7.88. The lowest BCUT2D eigenvalue weighted by Gasteiger charge is -2.35. The minimum atomic E-state index is -0.241. The van der Waals surface area contributed by atoms with Crippen LogP contribution in [0, 0.1) is 13.8 Å². The topological polar surface area (TPSA) is 57.6 Å². The van der Waals surface area contributed by atoms with Crippen molar-refractivity contribution in [3.05, 3.63) is 94.5 Å². The number of piperazine rings is 1. The number of carbonyl (C=O) groups is 1. The molecule has 0 radical (unpaired) electrons. The Balaban J connectivity index is 1.33. The van der Waals surface area contributed by atoms with Crippen LogP contribution in [0.25, 0.3) is 0 Å². The summed E-state index contributed by atoms with van der Waals surface area (Å²) in [6, 6.07) is 22.5. The SMILES string of the molecule is COc1ccc(C2CC(c3ccc(C)c(C)c3)=NN2C(=O)CN2CCN(Cc3ccccc3)CC2)c(OC)c1. The van der Waals surface area contributed by atoms with Crippen LogP contribution in [0.4, 0.5) is 0 Å². The Bertz CT molecular complexity index is 1330. The van der Waals surface area contributed by atoms with E-state index in [-0.39, 0.29) is 11.9 Å². The molecule has 204 valence electrons. The van der Waals surface area contributed by atoms with Crippen molar-refractivity contribution < 1.29 is 14.3 Å². The van der Waals surface area contributed by atoms with Gasteiger partial charge in [0.25, 0.3) is 5.91 Å². The number of carbonyl (C=O) groups excluding carboxylic acids is 1. The minimum Gasteiger partial charge on any atom is -0.497 e. The van der Waals surface area contributed by atoms with Gasteiger partial charge in [0, 0.05) is 50.8 Å². The molecular formula is C32H38N4O3. The molecule has 0 aliphatic carbocycles. The van der Waals surface area contributed by atoms with Gasteiger partial charge in [0.15, 0.2) is 0 Å². The van der Waals surface area contributed by atoms with Crippen molar-refractivity contribution in [1.29, 1.82) is 0 Å². The number of aryl methyl sites for hydroxylation is 2. The fourth-order valence-electron chi connectivity index (χ4n) is 5.38. The zero-order chi connectivity index (χ0) is 27.4. The maximum atomic E-state index is 13.8. The molecule has 2 heterocycles.